The van der Waals surface area contributed by atoms with Crippen molar-refractivity contribution in [3.05, 3.63) is 35.4 Å². The van der Waals surface area contributed by atoms with Crippen LogP contribution in [0.25, 0.3) is 0 Å². The molecule has 0 atom stereocenters. The molecule has 1 aromatic heterocycles. The molecule has 0 aliphatic rings. The fourth-order valence-electron chi connectivity index (χ4n) is 1.46. The van der Waals surface area contributed by atoms with Gasteiger partial charge in [-0.05, 0) is 25.3 Å². The Labute approximate surface area is 126 Å². The maximum Gasteiger partial charge on any atom is 0.190 e. The number of anilines is 1. The average molecular weight is 312 g/mol. The molecule has 1 N–H and O–H groups in total. The second-order valence-electron chi connectivity index (χ2n) is 3.64. The highest BCUT2D eigenvalue weighted by Crippen LogP contribution is 2.33. The van der Waals surface area contributed by atoms with Crippen molar-refractivity contribution in [2.45, 2.75) is 22.0 Å². The summed E-state index contributed by atoms with van der Waals surface area (Å²) in [6, 6.07) is 9.70. The summed E-state index contributed by atoms with van der Waals surface area (Å²) in [6.07, 6.45) is 1.97. The first kappa shape index (κ1) is 14.5. The highest BCUT2D eigenvalue weighted by molar-refractivity contribution is 7.99. The molecule has 0 spiro atoms. The number of halogens is 1. The molecular weight excluding hydrogens is 298 g/mol. The standard InChI is InChI=1S/C13H14ClN3S2/c1-3-15-11-8-12(17-13(16-11)18-2)19-10-7-5-4-6-9(10)14/h4-8H,3H2,1-2H3,(H,15,16,17). The number of nitrogens with one attached hydrogen (secondary N) is 1. The molecule has 0 saturated carbocycles. The van der Waals surface area contributed by atoms with Gasteiger partial charge in [0.05, 0.1) is 5.02 Å². The van der Waals surface area contributed by atoms with Crippen LogP contribution >= 0.6 is 35.1 Å². The van der Waals surface area contributed by atoms with E-state index in [-0.39, 0.29) is 0 Å². The fourth-order valence-corrected chi connectivity index (χ4v) is 2.99. The van der Waals surface area contributed by atoms with Gasteiger partial charge in [0.15, 0.2) is 5.16 Å². The Kier molecular flexibility index (Phi) is 5.36. The lowest BCUT2D eigenvalue weighted by molar-refractivity contribution is 0.891. The molecule has 2 rings (SSSR count). The molecule has 0 bridgehead atoms. The third kappa shape index (κ3) is 4.03. The predicted molar refractivity (Wildman–Crippen MR) is 83.6 cm³/mol. The SMILES string of the molecule is CCNc1cc(Sc2ccccc2Cl)nc(SC)n1. The normalized spacial score (nSPS) is 10.5. The Morgan fingerprint density at radius 3 is 2.74 bits per heavy atom. The van der Waals surface area contributed by atoms with Gasteiger partial charge in [-0.3, -0.25) is 0 Å². The van der Waals surface area contributed by atoms with Gasteiger partial charge in [0, 0.05) is 17.5 Å². The summed E-state index contributed by atoms with van der Waals surface area (Å²) in [5.74, 6) is 0.844. The number of benzene rings is 1. The molecule has 0 radical (unpaired) electrons. The van der Waals surface area contributed by atoms with E-state index in [0.717, 1.165) is 32.5 Å². The van der Waals surface area contributed by atoms with E-state index in [4.69, 9.17) is 11.6 Å². The number of rotatable bonds is 5. The number of hydrogen-bond acceptors (Lipinski definition) is 5. The fraction of sp³-hybridized carbons (Fsp3) is 0.231. The van der Waals surface area contributed by atoms with Crippen molar-refractivity contribution in [2.75, 3.05) is 18.1 Å². The van der Waals surface area contributed by atoms with Crippen molar-refractivity contribution in [1.82, 2.24) is 9.97 Å². The van der Waals surface area contributed by atoms with Gasteiger partial charge in [-0.1, -0.05) is 47.3 Å². The lowest BCUT2D eigenvalue weighted by Crippen LogP contribution is -2.01. The van der Waals surface area contributed by atoms with E-state index in [9.17, 15) is 0 Å². The minimum Gasteiger partial charge on any atom is -0.370 e. The Balaban J connectivity index is 2.29. The van der Waals surface area contributed by atoms with Gasteiger partial charge in [-0.25, -0.2) is 9.97 Å². The van der Waals surface area contributed by atoms with E-state index in [1.807, 2.05) is 43.5 Å². The van der Waals surface area contributed by atoms with Crippen molar-refractivity contribution < 1.29 is 0 Å². The van der Waals surface area contributed by atoms with E-state index in [2.05, 4.69) is 15.3 Å². The predicted octanol–water partition coefficient (Wildman–Crippen LogP) is 4.43. The quantitative estimate of drug-likeness (QED) is 0.502. The van der Waals surface area contributed by atoms with E-state index >= 15 is 0 Å². The maximum absolute atomic E-state index is 6.16. The lowest BCUT2D eigenvalue weighted by atomic mass is 10.4. The average Bonchev–Trinajstić information content (AvgIpc) is 2.41. The van der Waals surface area contributed by atoms with Crippen LogP contribution in [-0.2, 0) is 0 Å². The monoisotopic (exact) mass is 311 g/mol. The third-order valence-corrected chi connectivity index (χ3v) is 4.26. The Morgan fingerprint density at radius 1 is 1.26 bits per heavy atom. The maximum atomic E-state index is 6.16. The van der Waals surface area contributed by atoms with Crippen molar-refractivity contribution in [3.63, 3.8) is 0 Å². The highest BCUT2D eigenvalue weighted by Gasteiger charge is 2.07. The second-order valence-corrected chi connectivity index (χ2v) is 5.88. The molecule has 19 heavy (non-hydrogen) atoms. The topological polar surface area (TPSA) is 37.8 Å². The molecule has 0 unspecified atom stereocenters. The number of hydrogen-bond donors (Lipinski definition) is 1. The molecule has 6 heteroatoms. The summed E-state index contributed by atoms with van der Waals surface area (Å²) >= 11 is 9.24. The van der Waals surface area contributed by atoms with E-state index in [1.165, 1.54) is 11.8 Å². The van der Waals surface area contributed by atoms with E-state index in [0.29, 0.717) is 0 Å². The van der Waals surface area contributed by atoms with E-state index < -0.39 is 0 Å². The zero-order valence-corrected chi connectivity index (χ0v) is 13.1. The molecular formula is C13H14ClN3S2. The van der Waals surface area contributed by atoms with Gasteiger partial charge >= 0.3 is 0 Å². The Bertz CT molecular complexity index is 563. The van der Waals surface area contributed by atoms with Gasteiger partial charge in [-0.15, -0.1) is 0 Å². The van der Waals surface area contributed by atoms with Gasteiger partial charge in [-0.2, -0.15) is 0 Å². The number of nitrogens with zero attached hydrogens (tertiary/aromatic N) is 2. The summed E-state index contributed by atoms with van der Waals surface area (Å²) in [7, 11) is 0. The molecule has 1 aromatic carbocycles. The van der Waals surface area contributed by atoms with Crippen LogP contribution in [0.3, 0.4) is 0 Å². The van der Waals surface area contributed by atoms with Crippen LogP contribution in [0.2, 0.25) is 5.02 Å². The zero-order valence-electron chi connectivity index (χ0n) is 10.7. The van der Waals surface area contributed by atoms with Crippen LogP contribution in [0.1, 0.15) is 6.92 Å². The summed E-state index contributed by atoms with van der Waals surface area (Å²) < 4.78 is 0. The number of aromatic nitrogens is 2. The minimum absolute atomic E-state index is 0.738. The molecule has 0 aliphatic carbocycles. The molecule has 2 aromatic rings. The molecule has 1 heterocycles. The smallest absolute Gasteiger partial charge is 0.190 e. The first-order valence-corrected chi connectivity index (χ1v) is 8.24. The largest absolute Gasteiger partial charge is 0.370 e. The molecule has 0 amide bonds. The Morgan fingerprint density at radius 2 is 2.05 bits per heavy atom. The van der Waals surface area contributed by atoms with Crippen molar-refractivity contribution in [1.29, 1.82) is 0 Å². The van der Waals surface area contributed by atoms with E-state index in [1.54, 1.807) is 11.8 Å². The molecule has 3 nitrogen and oxygen atoms in total. The van der Waals surface area contributed by atoms with Crippen LogP contribution < -0.4 is 5.32 Å². The molecule has 0 aliphatic heterocycles. The summed E-state index contributed by atoms with van der Waals surface area (Å²) in [5, 5.41) is 5.60. The van der Waals surface area contributed by atoms with Crippen molar-refractivity contribution >= 4 is 40.9 Å². The summed E-state index contributed by atoms with van der Waals surface area (Å²) in [6.45, 7) is 2.88. The second kappa shape index (κ2) is 7.03. The minimum atomic E-state index is 0.738. The third-order valence-electron chi connectivity index (χ3n) is 2.27. The first-order valence-electron chi connectivity index (χ1n) is 5.82. The van der Waals surface area contributed by atoms with Crippen molar-refractivity contribution in [2.24, 2.45) is 0 Å². The Hall–Kier alpha value is -0.910. The first-order chi connectivity index (χ1) is 9.22. The van der Waals surface area contributed by atoms with Crippen LogP contribution in [-0.4, -0.2) is 22.8 Å². The summed E-state index contributed by atoms with van der Waals surface area (Å²) in [5.41, 5.74) is 0. The van der Waals surface area contributed by atoms with Gasteiger partial charge in [0.1, 0.15) is 10.8 Å². The number of thioether (sulfide) groups is 1. The molecule has 0 saturated heterocycles. The van der Waals surface area contributed by atoms with Crippen LogP contribution in [0.15, 0.2) is 45.4 Å². The zero-order chi connectivity index (χ0) is 13.7. The summed E-state index contributed by atoms with van der Waals surface area (Å²) in [4.78, 5) is 9.88. The van der Waals surface area contributed by atoms with Crippen LogP contribution in [0.5, 0.6) is 0 Å². The van der Waals surface area contributed by atoms with Gasteiger partial charge in [0.25, 0.3) is 0 Å². The molecule has 100 valence electrons. The van der Waals surface area contributed by atoms with Gasteiger partial charge in [0.2, 0.25) is 0 Å². The van der Waals surface area contributed by atoms with Crippen LogP contribution in [0, 0.1) is 0 Å². The molecule has 0 fully saturated rings. The highest BCUT2D eigenvalue weighted by atomic mass is 35.5. The van der Waals surface area contributed by atoms with Crippen molar-refractivity contribution in [3.8, 4) is 0 Å². The van der Waals surface area contributed by atoms with Crippen LogP contribution in [0.4, 0.5) is 5.82 Å². The lowest BCUT2D eigenvalue weighted by Gasteiger charge is -2.08. The van der Waals surface area contributed by atoms with Gasteiger partial charge < -0.3 is 5.32 Å².